The van der Waals surface area contributed by atoms with E-state index in [2.05, 4.69) is 25.8 Å². The van der Waals surface area contributed by atoms with Crippen molar-refractivity contribution in [1.29, 1.82) is 0 Å². The highest BCUT2D eigenvalue weighted by Gasteiger charge is 2.26. The fraction of sp³-hybridized carbons (Fsp3) is 0.533. The number of fused-ring (bicyclic) bond motifs is 3. The monoisotopic (exact) mass is 231 g/mol. The van der Waals surface area contributed by atoms with Gasteiger partial charge in [0.15, 0.2) is 0 Å². The van der Waals surface area contributed by atoms with E-state index in [0.717, 1.165) is 30.3 Å². The summed E-state index contributed by atoms with van der Waals surface area (Å²) in [6.07, 6.45) is 4.58. The van der Waals surface area contributed by atoms with Crippen LogP contribution in [0.25, 0.3) is 11.0 Å². The van der Waals surface area contributed by atoms with Gasteiger partial charge in [-0.15, -0.1) is 0 Å². The van der Waals surface area contributed by atoms with Gasteiger partial charge in [0.05, 0.1) is 0 Å². The minimum absolute atomic E-state index is 0.0154. The molecule has 0 saturated carbocycles. The minimum Gasteiger partial charge on any atom is -0.332 e. The molecule has 2 nitrogen and oxygen atoms in total. The van der Waals surface area contributed by atoms with Gasteiger partial charge in [-0.05, 0) is 41.9 Å². The summed E-state index contributed by atoms with van der Waals surface area (Å²) in [6, 6.07) is 2.03. The lowest BCUT2D eigenvalue weighted by Crippen LogP contribution is -2.12. The third-order valence-electron chi connectivity index (χ3n) is 3.71. The molecule has 1 aliphatic carbocycles. The summed E-state index contributed by atoms with van der Waals surface area (Å²) in [6.45, 7) is 4.33. The Morgan fingerprint density at radius 1 is 1.35 bits per heavy atom. The standard InChI is InChI=1S/C15H20N2/c1-15(2,3)11-8-9-16-14-13(11)10-6-5-7-12(10)17(14)4/h8-9H,5-7H2,1-4H3/i4D3. The molecule has 0 atom stereocenters. The summed E-state index contributed by atoms with van der Waals surface area (Å²) in [5.41, 5.74) is 3.97. The van der Waals surface area contributed by atoms with Crippen molar-refractivity contribution in [3.05, 3.63) is 29.1 Å². The number of aromatic nitrogens is 2. The summed E-state index contributed by atoms with van der Waals surface area (Å²) in [5.74, 6) is 0. The lowest BCUT2D eigenvalue weighted by molar-refractivity contribution is 0.595. The lowest BCUT2D eigenvalue weighted by Gasteiger charge is -2.20. The zero-order valence-electron chi connectivity index (χ0n) is 13.7. The SMILES string of the molecule is [2H]C([2H])([2H])n1c2c(c3c(C(C)(C)C)ccnc31)CCC2. The molecule has 90 valence electrons. The molecular weight excluding hydrogens is 208 g/mol. The van der Waals surface area contributed by atoms with Crippen molar-refractivity contribution < 1.29 is 4.11 Å². The van der Waals surface area contributed by atoms with Crippen molar-refractivity contribution in [2.75, 3.05) is 0 Å². The molecule has 3 rings (SSSR count). The number of nitrogens with zero attached hydrogens (tertiary/aromatic N) is 2. The van der Waals surface area contributed by atoms with Crippen LogP contribution in [-0.4, -0.2) is 9.55 Å². The molecule has 0 bridgehead atoms. The summed E-state index contributed by atoms with van der Waals surface area (Å²) >= 11 is 0. The van der Waals surface area contributed by atoms with Crippen molar-refractivity contribution in [3.8, 4) is 0 Å². The summed E-state index contributed by atoms with van der Waals surface area (Å²) in [5, 5.41) is 1.07. The minimum atomic E-state index is -2.15. The Bertz CT molecular complexity index is 675. The van der Waals surface area contributed by atoms with E-state index in [1.807, 2.05) is 6.07 Å². The van der Waals surface area contributed by atoms with Gasteiger partial charge in [0.1, 0.15) is 5.65 Å². The summed E-state index contributed by atoms with van der Waals surface area (Å²) < 4.78 is 25.0. The predicted molar refractivity (Wildman–Crippen MR) is 71.4 cm³/mol. The number of rotatable bonds is 0. The molecule has 2 aromatic rings. The topological polar surface area (TPSA) is 17.8 Å². The molecule has 17 heavy (non-hydrogen) atoms. The van der Waals surface area contributed by atoms with Crippen molar-refractivity contribution >= 4 is 11.0 Å². The van der Waals surface area contributed by atoms with Crippen LogP contribution in [0, 0.1) is 0 Å². The van der Waals surface area contributed by atoms with Crippen LogP contribution >= 0.6 is 0 Å². The number of hydrogen-bond acceptors (Lipinski definition) is 1. The zero-order valence-corrected chi connectivity index (χ0v) is 10.7. The van der Waals surface area contributed by atoms with Gasteiger partial charge in [0, 0.05) is 28.4 Å². The molecule has 0 N–H and O–H groups in total. The van der Waals surface area contributed by atoms with Crippen LogP contribution in [0.1, 0.15) is 48.1 Å². The van der Waals surface area contributed by atoms with Gasteiger partial charge in [-0.3, -0.25) is 0 Å². The molecule has 0 unspecified atom stereocenters. The third-order valence-corrected chi connectivity index (χ3v) is 3.71. The van der Waals surface area contributed by atoms with Gasteiger partial charge in [-0.1, -0.05) is 20.8 Å². The third kappa shape index (κ3) is 1.43. The maximum atomic E-state index is 7.82. The number of pyridine rings is 1. The molecule has 2 aromatic heterocycles. The molecule has 0 spiro atoms. The highest BCUT2D eigenvalue weighted by Crippen LogP contribution is 2.37. The van der Waals surface area contributed by atoms with Crippen LogP contribution in [0.15, 0.2) is 12.3 Å². The molecule has 0 amide bonds. The van der Waals surface area contributed by atoms with Crippen LogP contribution in [0.4, 0.5) is 0 Å². The smallest absolute Gasteiger partial charge is 0.140 e. The van der Waals surface area contributed by atoms with Gasteiger partial charge in [-0.2, -0.15) is 0 Å². The van der Waals surface area contributed by atoms with Crippen molar-refractivity contribution in [2.45, 2.75) is 45.4 Å². The van der Waals surface area contributed by atoms with Gasteiger partial charge in [0.2, 0.25) is 0 Å². The van der Waals surface area contributed by atoms with E-state index in [4.69, 9.17) is 4.11 Å². The fourth-order valence-corrected chi connectivity index (χ4v) is 2.91. The molecular formula is C15H20N2. The van der Waals surface area contributed by atoms with E-state index < -0.39 is 6.98 Å². The van der Waals surface area contributed by atoms with E-state index >= 15 is 0 Å². The Hall–Kier alpha value is -1.31. The van der Waals surface area contributed by atoms with Gasteiger partial charge in [0.25, 0.3) is 0 Å². The highest BCUT2D eigenvalue weighted by atomic mass is 15.0. The zero-order chi connectivity index (χ0) is 14.7. The molecule has 2 heteroatoms. The van der Waals surface area contributed by atoms with Gasteiger partial charge >= 0.3 is 0 Å². The second kappa shape index (κ2) is 3.34. The molecule has 0 radical (unpaired) electrons. The van der Waals surface area contributed by atoms with E-state index in [-0.39, 0.29) is 5.41 Å². The van der Waals surface area contributed by atoms with Crippen LogP contribution in [0.5, 0.6) is 0 Å². The van der Waals surface area contributed by atoms with Gasteiger partial charge in [-0.25, -0.2) is 4.98 Å². The van der Waals surface area contributed by atoms with E-state index in [1.54, 1.807) is 6.20 Å². The normalized spacial score (nSPS) is 18.9. The van der Waals surface area contributed by atoms with E-state index in [9.17, 15) is 0 Å². The largest absolute Gasteiger partial charge is 0.332 e. The van der Waals surface area contributed by atoms with Crippen LogP contribution in [0.2, 0.25) is 0 Å². The van der Waals surface area contributed by atoms with E-state index in [1.165, 1.54) is 15.7 Å². The Balaban J connectivity index is 2.45. The van der Waals surface area contributed by atoms with Gasteiger partial charge < -0.3 is 4.57 Å². The van der Waals surface area contributed by atoms with E-state index in [0.29, 0.717) is 5.65 Å². The summed E-state index contributed by atoms with van der Waals surface area (Å²) in [7, 11) is 0. The molecule has 1 aliphatic rings. The Morgan fingerprint density at radius 3 is 2.88 bits per heavy atom. The maximum absolute atomic E-state index is 7.82. The van der Waals surface area contributed by atoms with Crippen molar-refractivity contribution in [1.82, 2.24) is 9.55 Å². The van der Waals surface area contributed by atoms with Crippen molar-refractivity contribution in [2.24, 2.45) is 6.98 Å². The first-order chi connectivity index (χ1) is 9.21. The average Bonchev–Trinajstić information content (AvgIpc) is 2.83. The molecule has 0 fully saturated rings. The van der Waals surface area contributed by atoms with Crippen LogP contribution in [0.3, 0.4) is 0 Å². The highest BCUT2D eigenvalue weighted by molar-refractivity contribution is 5.87. The quantitative estimate of drug-likeness (QED) is 0.680. The Morgan fingerprint density at radius 2 is 2.18 bits per heavy atom. The first-order valence-electron chi connectivity index (χ1n) is 7.73. The Kier molecular flexibility index (Phi) is 1.56. The molecule has 0 aromatic carbocycles. The van der Waals surface area contributed by atoms with Crippen molar-refractivity contribution in [3.63, 3.8) is 0 Å². The lowest BCUT2D eigenvalue weighted by atomic mass is 9.84. The second-order valence-electron chi connectivity index (χ2n) is 5.92. The number of hydrogen-bond donors (Lipinski definition) is 0. The fourth-order valence-electron chi connectivity index (χ4n) is 2.91. The number of aryl methyl sites for hydroxylation is 2. The Labute approximate surface area is 107 Å². The second-order valence-corrected chi connectivity index (χ2v) is 5.92. The predicted octanol–water partition coefficient (Wildman–Crippen LogP) is 3.36. The first kappa shape index (κ1) is 7.91. The average molecular weight is 231 g/mol. The van der Waals surface area contributed by atoms with Crippen LogP contribution < -0.4 is 0 Å². The molecule has 2 heterocycles. The summed E-state index contributed by atoms with van der Waals surface area (Å²) in [4.78, 5) is 4.39. The van der Waals surface area contributed by atoms with Crippen LogP contribution in [-0.2, 0) is 25.2 Å². The first-order valence-corrected chi connectivity index (χ1v) is 6.23. The molecule has 0 saturated heterocycles. The maximum Gasteiger partial charge on any atom is 0.140 e. The molecule has 0 aliphatic heterocycles.